The van der Waals surface area contributed by atoms with Crippen LogP contribution in [0.5, 0.6) is 0 Å². The van der Waals surface area contributed by atoms with Gasteiger partial charge in [-0.15, -0.1) is 13.2 Å². The van der Waals surface area contributed by atoms with E-state index >= 15 is 0 Å². The summed E-state index contributed by atoms with van der Waals surface area (Å²) in [6.45, 7) is 8.65. The molecule has 0 aliphatic carbocycles. The molecule has 0 aliphatic rings. The summed E-state index contributed by atoms with van der Waals surface area (Å²) in [7, 11) is 1.42. The van der Waals surface area contributed by atoms with Crippen molar-refractivity contribution in [3.05, 3.63) is 25.3 Å². The lowest BCUT2D eigenvalue weighted by Crippen LogP contribution is -2.06. The first kappa shape index (κ1) is 12.5. The van der Waals surface area contributed by atoms with Crippen molar-refractivity contribution >= 4 is 7.69 Å². The minimum Gasteiger partial charge on any atom is -0.413 e. The van der Waals surface area contributed by atoms with E-state index in [1.54, 1.807) is 0 Å². The van der Waals surface area contributed by atoms with Crippen LogP contribution in [0.4, 0.5) is 0 Å². The fourth-order valence-electron chi connectivity index (χ4n) is 0.766. The third kappa shape index (κ3) is 11.5. The number of hydrogen-bond donors (Lipinski definition) is 0. The molecule has 0 aromatic carbocycles. The molecule has 0 heterocycles. The molecule has 1 radical (unpaired) electrons. The van der Waals surface area contributed by atoms with Crippen LogP contribution in [0.15, 0.2) is 25.3 Å². The Morgan fingerprint density at radius 1 is 0.923 bits per heavy atom. The van der Waals surface area contributed by atoms with Crippen molar-refractivity contribution in [2.75, 3.05) is 13.2 Å². The number of hydrogen-bond acceptors (Lipinski definition) is 2. The summed E-state index contributed by atoms with van der Waals surface area (Å²) >= 11 is 0. The molecule has 0 spiro atoms. The highest BCUT2D eigenvalue weighted by atomic mass is 16.6. The van der Waals surface area contributed by atoms with Gasteiger partial charge in [0.2, 0.25) is 0 Å². The molecule has 73 valence electrons. The molecule has 0 aromatic rings. The van der Waals surface area contributed by atoms with Crippen molar-refractivity contribution < 1.29 is 9.31 Å². The zero-order chi connectivity index (χ0) is 9.78. The molecule has 0 N–H and O–H groups in total. The van der Waals surface area contributed by atoms with Crippen LogP contribution in [0.25, 0.3) is 0 Å². The Morgan fingerprint density at radius 2 is 1.38 bits per heavy atom. The fraction of sp³-hybridized carbons (Fsp3) is 0.600. The average Bonchev–Trinajstić information content (AvgIpc) is 2.16. The van der Waals surface area contributed by atoms with Crippen molar-refractivity contribution in [1.82, 2.24) is 0 Å². The Kier molecular flexibility index (Phi) is 11.0. The van der Waals surface area contributed by atoms with Crippen LogP contribution in [0, 0.1) is 0 Å². The Bertz CT molecular complexity index is 112. The molecule has 13 heavy (non-hydrogen) atoms. The third-order valence-corrected chi connectivity index (χ3v) is 1.48. The second-order valence-corrected chi connectivity index (χ2v) is 2.70. The van der Waals surface area contributed by atoms with Gasteiger partial charge in [-0.2, -0.15) is 0 Å². The molecule has 0 aliphatic heterocycles. The third-order valence-electron chi connectivity index (χ3n) is 1.48. The van der Waals surface area contributed by atoms with E-state index in [2.05, 4.69) is 13.2 Å². The molecule has 0 saturated carbocycles. The van der Waals surface area contributed by atoms with Crippen molar-refractivity contribution in [1.29, 1.82) is 0 Å². The van der Waals surface area contributed by atoms with E-state index in [0.717, 1.165) is 25.7 Å². The zero-order valence-corrected chi connectivity index (χ0v) is 8.21. The van der Waals surface area contributed by atoms with Crippen LogP contribution < -0.4 is 0 Å². The molecule has 0 saturated heterocycles. The maximum absolute atomic E-state index is 5.10. The number of unbranched alkanes of at least 4 members (excludes halogenated alkanes) is 2. The van der Waals surface area contributed by atoms with Crippen molar-refractivity contribution in [2.24, 2.45) is 0 Å². The van der Waals surface area contributed by atoms with Crippen molar-refractivity contribution in [3.63, 3.8) is 0 Å². The van der Waals surface area contributed by atoms with Gasteiger partial charge in [0.15, 0.2) is 0 Å². The lowest BCUT2D eigenvalue weighted by atomic mass is 10.3. The van der Waals surface area contributed by atoms with Crippen LogP contribution >= 0.6 is 0 Å². The predicted molar refractivity (Wildman–Crippen MR) is 56.5 cm³/mol. The van der Waals surface area contributed by atoms with Crippen LogP contribution in [0.3, 0.4) is 0 Å². The van der Waals surface area contributed by atoms with Gasteiger partial charge < -0.3 is 9.31 Å². The van der Waals surface area contributed by atoms with Gasteiger partial charge in [-0.1, -0.05) is 12.2 Å². The summed E-state index contributed by atoms with van der Waals surface area (Å²) < 4.78 is 10.2. The maximum Gasteiger partial charge on any atom is 0.487 e. The lowest BCUT2D eigenvalue weighted by molar-refractivity contribution is 0.218. The first-order valence-electron chi connectivity index (χ1n) is 4.68. The summed E-state index contributed by atoms with van der Waals surface area (Å²) in [5, 5.41) is 0. The molecule has 0 aromatic heterocycles. The normalized spacial score (nSPS) is 9.54. The summed E-state index contributed by atoms with van der Waals surface area (Å²) in [6, 6.07) is 0. The SMILES string of the molecule is C=CCCCO[B]OCCCC=C. The first-order chi connectivity index (χ1) is 6.41. The Hall–Kier alpha value is -0.535. The van der Waals surface area contributed by atoms with E-state index in [1.807, 2.05) is 12.2 Å². The molecule has 0 amide bonds. The van der Waals surface area contributed by atoms with Gasteiger partial charge in [-0.25, -0.2) is 0 Å². The first-order valence-corrected chi connectivity index (χ1v) is 4.68. The van der Waals surface area contributed by atoms with E-state index in [-0.39, 0.29) is 0 Å². The molecule has 2 nitrogen and oxygen atoms in total. The second kappa shape index (κ2) is 11.5. The molecule has 0 fully saturated rings. The summed E-state index contributed by atoms with van der Waals surface area (Å²) in [6.07, 6.45) is 7.74. The minimum absolute atomic E-state index is 0.702. The molecule has 0 bridgehead atoms. The van der Waals surface area contributed by atoms with Crippen LogP contribution in [-0.4, -0.2) is 20.9 Å². The monoisotopic (exact) mass is 181 g/mol. The molecule has 0 rings (SSSR count). The van der Waals surface area contributed by atoms with Gasteiger partial charge in [0.25, 0.3) is 0 Å². The molecule has 0 unspecified atom stereocenters. The summed E-state index contributed by atoms with van der Waals surface area (Å²) in [5.74, 6) is 0. The van der Waals surface area contributed by atoms with Gasteiger partial charge in [0.05, 0.1) is 0 Å². The van der Waals surface area contributed by atoms with Gasteiger partial charge >= 0.3 is 7.69 Å². The highest BCUT2D eigenvalue weighted by Gasteiger charge is 1.93. The van der Waals surface area contributed by atoms with E-state index in [0.29, 0.717) is 13.2 Å². The number of allylic oxidation sites excluding steroid dienone is 2. The van der Waals surface area contributed by atoms with Gasteiger partial charge in [0, 0.05) is 13.2 Å². The van der Waals surface area contributed by atoms with Crippen molar-refractivity contribution in [2.45, 2.75) is 25.7 Å². The topological polar surface area (TPSA) is 18.5 Å². The number of rotatable bonds is 10. The lowest BCUT2D eigenvalue weighted by Gasteiger charge is -2.01. The van der Waals surface area contributed by atoms with E-state index < -0.39 is 0 Å². The summed E-state index contributed by atoms with van der Waals surface area (Å²) in [4.78, 5) is 0. The summed E-state index contributed by atoms with van der Waals surface area (Å²) in [5.41, 5.74) is 0. The van der Waals surface area contributed by atoms with E-state index in [4.69, 9.17) is 9.31 Å². The molecule has 0 atom stereocenters. The minimum atomic E-state index is 0.702. The quantitative estimate of drug-likeness (QED) is 0.293. The molecule has 3 heteroatoms. The largest absolute Gasteiger partial charge is 0.487 e. The van der Waals surface area contributed by atoms with Crippen LogP contribution in [-0.2, 0) is 9.31 Å². The van der Waals surface area contributed by atoms with Crippen molar-refractivity contribution in [3.8, 4) is 0 Å². The van der Waals surface area contributed by atoms with E-state index in [1.165, 1.54) is 7.69 Å². The van der Waals surface area contributed by atoms with Crippen LogP contribution in [0.2, 0.25) is 0 Å². The average molecular weight is 181 g/mol. The van der Waals surface area contributed by atoms with Gasteiger partial charge in [-0.3, -0.25) is 0 Å². The molecular weight excluding hydrogens is 163 g/mol. The van der Waals surface area contributed by atoms with Crippen LogP contribution in [0.1, 0.15) is 25.7 Å². The van der Waals surface area contributed by atoms with Gasteiger partial charge in [0.1, 0.15) is 0 Å². The predicted octanol–water partition coefficient (Wildman–Crippen LogP) is 2.49. The highest BCUT2D eigenvalue weighted by Crippen LogP contribution is 1.91. The van der Waals surface area contributed by atoms with E-state index in [9.17, 15) is 0 Å². The Balaban J connectivity index is 2.83. The standard InChI is InChI=1S/C10H18BO2/c1-3-5-7-9-12-11-13-10-8-6-4-2/h3-4H,1-2,5-10H2. The highest BCUT2D eigenvalue weighted by molar-refractivity contribution is 6.17. The fourth-order valence-corrected chi connectivity index (χ4v) is 0.766. The zero-order valence-electron chi connectivity index (χ0n) is 8.21. The molecular formula is C10H18BO2. The second-order valence-electron chi connectivity index (χ2n) is 2.70. The van der Waals surface area contributed by atoms with Gasteiger partial charge in [-0.05, 0) is 25.7 Å². The Morgan fingerprint density at radius 3 is 1.77 bits per heavy atom. The maximum atomic E-state index is 5.10. The smallest absolute Gasteiger partial charge is 0.413 e. The Labute approximate surface area is 81.9 Å².